The van der Waals surface area contributed by atoms with Crippen LogP contribution in [0.15, 0.2) is 53.0 Å². The Morgan fingerprint density at radius 1 is 1.26 bits per heavy atom. The summed E-state index contributed by atoms with van der Waals surface area (Å²) in [6, 6.07) is 15.1. The lowest BCUT2D eigenvalue weighted by Crippen LogP contribution is -2.29. The zero-order valence-corrected chi connectivity index (χ0v) is 14.9. The van der Waals surface area contributed by atoms with Gasteiger partial charge in [-0.05, 0) is 23.8 Å². The highest BCUT2D eigenvalue weighted by molar-refractivity contribution is 9.10. The van der Waals surface area contributed by atoms with Gasteiger partial charge in [0.05, 0.1) is 7.11 Å². The standard InChI is InChI=1S/C18H21BrN2O2/c1-21(12-14-10-15(19)8-9-17(14)23-2)18(22)11-16(20)13-6-4-3-5-7-13/h3-10,16H,11-12,20H2,1-2H3. The van der Waals surface area contributed by atoms with Crippen molar-refractivity contribution in [1.82, 2.24) is 4.90 Å². The first kappa shape index (κ1) is 17.5. The lowest BCUT2D eigenvalue weighted by Gasteiger charge is -2.21. The van der Waals surface area contributed by atoms with E-state index in [1.807, 2.05) is 48.5 Å². The largest absolute Gasteiger partial charge is 0.496 e. The summed E-state index contributed by atoms with van der Waals surface area (Å²) in [6.45, 7) is 0.475. The molecule has 0 fully saturated rings. The van der Waals surface area contributed by atoms with Crippen molar-refractivity contribution < 1.29 is 9.53 Å². The second kappa shape index (κ2) is 8.13. The van der Waals surface area contributed by atoms with Gasteiger partial charge in [-0.25, -0.2) is 0 Å². The van der Waals surface area contributed by atoms with Gasteiger partial charge >= 0.3 is 0 Å². The summed E-state index contributed by atoms with van der Waals surface area (Å²) in [5.41, 5.74) is 8.04. The van der Waals surface area contributed by atoms with Crippen molar-refractivity contribution in [1.29, 1.82) is 0 Å². The normalized spacial score (nSPS) is 11.8. The SMILES string of the molecule is COc1ccc(Br)cc1CN(C)C(=O)CC(N)c1ccccc1. The van der Waals surface area contributed by atoms with E-state index in [2.05, 4.69) is 15.9 Å². The van der Waals surface area contributed by atoms with Gasteiger partial charge < -0.3 is 15.4 Å². The number of nitrogens with two attached hydrogens (primary N) is 1. The summed E-state index contributed by atoms with van der Waals surface area (Å²) in [5.74, 6) is 0.767. The Bertz CT molecular complexity index is 661. The maximum absolute atomic E-state index is 12.4. The fourth-order valence-corrected chi connectivity index (χ4v) is 2.78. The molecule has 0 radical (unpaired) electrons. The van der Waals surface area contributed by atoms with E-state index in [0.717, 1.165) is 21.3 Å². The van der Waals surface area contributed by atoms with Gasteiger partial charge in [-0.1, -0.05) is 46.3 Å². The minimum Gasteiger partial charge on any atom is -0.496 e. The molecule has 4 nitrogen and oxygen atoms in total. The molecule has 0 bridgehead atoms. The summed E-state index contributed by atoms with van der Waals surface area (Å²) >= 11 is 3.44. The third-order valence-electron chi connectivity index (χ3n) is 3.70. The van der Waals surface area contributed by atoms with Crippen LogP contribution in [-0.2, 0) is 11.3 Å². The fourth-order valence-electron chi connectivity index (χ4n) is 2.38. The van der Waals surface area contributed by atoms with Crippen LogP contribution in [0.5, 0.6) is 5.75 Å². The molecule has 1 amide bonds. The number of ether oxygens (including phenoxy) is 1. The quantitative estimate of drug-likeness (QED) is 0.838. The van der Waals surface area contributed by atoms with E-state index in [-0.39, 0.29) is 18.4 Å². The van der Waals surface area contributed by atoms with Crippen LogP contribution in [0.1, 0.15) is 23.6 Å². The molecule has 0 saturated carbocycles. The molecule has 122 valence electrons. The van der Waals surface area contributed by atoms with Crippen LogP contribution in [0.3, 0.4) is 0 Å². The van der Waals surface area contributed by atoms with Gasteiger partial charge in [-0.15, -0.1) is 0 Å². The lowest BCUT2D eigenvalue weighted by atomic mass is 10.0. The third-order valence-corrected chi connectivity index (χ3v) is 4.19. The van der Waals surface area contributed by atoms with Crippen LogP contribution in [0, 0.1) is 0 Å². The molecular weight excluding hydrogens is 356 g/mol. The van der Waals surface area contributed by atoms with Crippen LogP contribution in [0.4, 0.5) is 0 Å². The molecule has 5 heteroatoms. The first-order valence-electron chi connectivity index (χ1n) is 7.38. The van der Waals surface area contributed by atoms with E-state index in [1.54, 1.807) is 19.1 Å². The maximum Gasteiger partial charge on any atom is 0.224 e. The molecule has 0 aliphatic heterocycles. The van der Waals surface area contributed by atoms with Crippen molar-refractivity contribution in [2.45, 2.75) is 19.0 Å². The molecule has 0 saturated heterocycles. The molecule has 0 spiro atoms. The van der Waals surface area contributed by atoms with Gasteiger partial charge in [0.15, 0.2) is 0 Å². The first-order valence-corrected chi connectivity index (χ1v) is 8.17. The van der Waals surface area contributed by atoms with Gasteiger partial charge in [0, 0.05) is 36.1 Å². The smallest absolute Gasteiger partial charge is 0.224 e. The minimum absolute atomic E-state index is 0.00313. The number of rotatable bonds is 6. The van der Waals surface area contributed by atoms with Crippen LogP contribution < -0.4 is 10.5 Å². The predicted molar refractivity (Wildman–Crippen MR) is 95.2 cm³/mol. The number of hydrogen-bond donors (Lipinski definition) is 1. The number of amides is 1. The van der Waals surface area contributed by atoms with Crippen LogP contribution in [0.25, 0.3) is 0 Å². The predicted octanol–water partition coefficient (Wildman–Crippen LogP) is 3.51. The van der Waals surface area contributed by atoms with Crippen molar-refractivity contribution in [2.75, 3.05) is 14.2 Å². The average Bonchev–Trinajstić information content (AvgIpc) is 2.55. The molecule has 2 rings (SSSR count). The molecule has 0 aliphatic rings. The topological polar surface area (TPSA) is 55.6 Å². The van der Waals surface area contributed by atoms with Gasteiger partial charge in [0.1, 0.15) is 5.75 Å². The Morgan fingerprint density at radius 3 is 2.61 bits per heavy atom. The highest BCUT2D eigenvalue weighted by Crippen LogP contribution is 2.24. The Hall–Kier alpha value is -1.85. The maximum atomic E-state index is 12.4. The molecule has 1 atom stereocenters. The van der Waals surface area contributed by atoms with Crippen LogP contribution in [0.2, 0.25) is 0 Å². The molecule has 1 unspecified atom stereocenters. The second-order valence-corrected chi connectivity index (χ2v) is 6.34. The lowest BCUT2D eigenvalue weighted by molar-refractivity contribution is -0.130. The summed E-state index contributed by atoms with van der Waals surface area (Å²) in [6.07, 6.45) is 0.275. The number of hydrogen-bond acceptors (Lipinski definition) is 3. The van der Waals surface area contributed by atoms with E-state index in [1.165, 1.54) is 0 Å². The molecule has 0 aromatic heterocycles. The molecule has 2 aromatic rings. The number of benzene rings is 2. The Morgan fingerprint density at radius 2 is 1.96 bits per heavy atom. The first-order chi connectivity index (χ1) is 11.0. The van der Waals surface area contributed by atoms with Crippen LogP contribution >= 0.6 is 15.9 Å². The third kappa shape index (κ3) is 4.81. The van der Waals surface area contributed by atoms with E-state index in [4.69, 9.17) is 10.5 Å². The molecule has 0 aliphatic carbocycles. The number of carbonyl (C=O) groups is 1. The Labute approximate surface area is 145 Å². The molecular formula is C18H21BrN2O2. The molecule has 23 heavy (non-hydrogen) atoms. The zero-order valence-electron chi connectivity index (χ0n) is 13.3. The van der Waals surface area contributed by atoms with E-state index in [9.17, 15) is 4.79 Å². The Balaban J connectivity index is 2.02. The van der Waals surface area contributed by atoms with Gasteiger partial charge in [-0.3, -0.25) is 4.79 Å². The average molecular weight is 377 g/mol. The molecule has 2 N–H and O–H groups in total. The summed E-state index contributed by atoms with van der Waals surface area (Å²) in [7, 11) is 3.40. The van der Waals surface area contributed by atoms with Crippen LogP contribution in [-0.4, -0.2) is 25.0 Å². The van der Waals surface area contributed by atoms with Gasteiger partial charge in [0.2, 0.25) is 5.91 Å². The van der Waals surface area contributed by atoms with E-state index >= 15 is 0 Å². The van der Waals surface area contributed by atoms with Crippen molar-refractivity contribution in [3.63, 3.8) is 0 Å². The second-order valence-electron chi connectivity index (χ2n) is 5.43. The highest BCUT2D eigenvalue weighted by Gasteiger charge is 2.16. The van der Waals surface area contributed by atoms with E-state index < -0.39 is 0 Å². The number of halogens is 1. The van der Waals surface area contributed by atoms with Crippen molar-refractivity contribution in [2.24, 2.45) is 5.73 Å². The molecule has 2 aromatic carbocycles. The Kier molecular flexibility index (Phi) is 6.19. The van der Waals surface area contributed by atoms with Crippen molar-refractivity contribution >= 4 is 21.8 Å². The van der Waals surface area contributed by atoms with Gasteiger partial charge in [0.25, 0.3) is 0 Å². The summed E-state index contributed by atoms with van der Waals surface area (Å²) < 4.78 is 6.30. The fraction of sp³-hybridized carbons (Fsp3) is 0.278. The monoisotopic (exact) mass is 376 g/mol. The number of carbonyl (C=O) groups excluding carboxylic acids is 1. The minimum atomic E-state index is -0.296. The molecule has 0 heterocycles. The summed E-state index contributed by atoms with van der Waals surface area (Å²) in [5, 5.41) is 0. The highest BCUT2D eigenvalue weighted by atomic mass is 79.9. The zero-order chi connectivity index (χ0) is 16.8. The van der Waals surface area contributed by atoms with E-state index in [0.29, 0.717) is 6.54 Å². The number of methoxy groups -OCH3 is 1. The van der Waals surface area contributed by atoms with Crippen molar-refractivity contribution in [3.05, 3.63) is 64.1 Å². The van der Waals surface area contributed by atoms with Crippen molar-refractivity contribution in [3.8, 4) is 5.75 Å². The summed E-state index contributed by atoms with van der Waals surface area (Å²) in [4.78, 5) is 14.1. The van der Waals surface area contributed by atoms with Gasteiger partial charge in [-0.2, -0.15) is 0 Å². The number of nitrogens with zero attached hydrogens (tertiary/aromatic N) is 1.